The predicted octanol–water partition coefficient (Wildman–Crippen LogP) is 4.23. The van der Waals surface area contributed by atoms with Crippen LogP contribution < -0.4 is 5.32 Å². The summed E-state index contributed by atoms with van der Waals surface area (Å²) >= 11 is 0. The van der Waals surface area contributed by atoms with E-state index in [1.807, 2.05) is 38.1 Å². The molecule has 1 atom stereocenters. The van der Waals surface area contributed by atoms with Crippen molar-refractivity contribution in [1.82, 2.24) is 5.32 Å². The van der Waals surface area contributed by atoms with E-state index in [4.69, 9.17) is 4.74 Å². The second-order valence-electron chi connectivity index (χ2n) is 6.24. The second-order valence-corrected chi connectivity index (χ2v) is 6.24. The van der Waals surface area contributed by atoms with Crippen LogP contribution in [0.1, 0.15) is 61.9 Å². The van der Waals surface area contributed by atoms with Gasteiger partial charge in [-0.25, -0.2) is 0 Å². The molecule has 0 radical (unpaired) electrons. The molecule has 1 amide bonds. The van der Waals surface area contributed by atoms with Gasteiger partial charge >= 0.3 is 0 Å². The van der Waals surface area contributed by atoms with E-state index in [-0.39, 0.29) is 18.1 Å². The molecule has 0 heterocycles. The molecule has 0 spiro atoms. The number of hydrogen-bond acceptors (Lipinski definition) is 2. The fourth-order valence-electron chi connectivity index (χ4n) is 2.57. The Hall–Kier alpha value is -1.61. The van der Waals surface area contributed by atoms with E-state index in [0.29, 0.717) is 12.2 Å². The van der Waals surface area contributed by atoms with Crippen molar-refractivity contribution in [1.29, 1.82) is 0 Å². The minimum atomic E-state index is -0.0228. The Morgan fingerprint density at radius 3 is 2.73 bits per heavy atom. The Morgan fingerprint density at radius 1 is 1.23 bits per heavy atom. The molecular weight excluding hydrogens is 274 g/mol. The van der Waals surface area contributed by atoms with Crippen molar-refractivity contribution in [3.8, 4) is 0 Å². The highest BCUT2D eigenvalue weighted by Crippen LogP contribution is 2.16. The molecule has 2 rings (SSSR count). The van der Waals surface area contributed by atoms with E-state index in [2.05, 4.69) is 17.5 Å². The fraction of sp³-hybridized carbons (Fsp3) is 0.526. The smallest absolute Gasteiger partial charge is 0.251 e. The van der Waals surface area contributed by atoms with Crippen molar-refractivity contribution >= 4 is 5.91 Å². The average molecular weight is 301 g/mol. The molecule has 120 valence electrons. The molecule has 1 aromatic carbocycles. The standard InChI is InChI=1S/C19H27NO2/c1-15(2)20-19(21)17-12-10-16(11-13-17)14-22-18-8-6-4-3-5-7-9-18/h6,8,10-13,15,18H,3-5,7,9,14H2,1-2H3,(H,20,21)/b8-6-. The summed E-state index contributed by atoms with van der Waals surface area (Å²) in [6.45, 7) is 4.52. The number of amides is 1. The third kappa shape index (κ3) is 5.64. The highest BCUT2D eigenvalue weighted by molar-refractivity contribution is 5.94. The van der Waals surface area contributed by atoms with E-state index in [1.54, 1.807) is 0 Å². The number of allylic oxidation sites excluding steroid dienone is 1. The molecule has 1 unspecified atom stereocenters. The van der Waals surface area contributed by atoms with Crippen molar-refractivity contribution in [2.45, 2.75) is 64.7 Å². The molecule has 3 nitrogen and oxygen atoms in total. The van der Waals surface area contributed by atoms with Crippen LogP contribution in [0.2, 0.25) is 0 Å². The fourth-order valence-corrected chi connectivity index (χ4v) is 2.57. The molecule has 0 aliphatic heterocycles. The number of carbonyl (C=O) groups is 1. The Balaban J connectivity index is 1.85. The summed E-state index contributed by atoms with van der Waals surface area (Å²) in [5.74, 6) is -0.0228. The highest BCUT2D eigenvalue weighted by Gasteiger charge is 2.09. The molecule has 3 heteroatoms. The molecule has 22 heavy (non-hydrogen) atoms. The highest BCUT2D eigenvalue weighted by atomic mass is 16.5. The van der Waals surface area contributed by atoms with Crippen LogP contribution in [-0.4, -0.2) is 18.1 Å². The summed E-state index contributed by atoms with van der Waals surface area (Å²) in [7, 11) is 0. The number of carbonyl (C=O) groups excluding carboxylic acids is 1. The van der Waals surface area contributed by atoms with E-state index < -0.39 is 0 Å². The van der Waals surface area contributed by atoms with Crippen LogP contribution in [-0.2, 0) is 11.3 Å². The Labute approximate surface area is 133 Å². The van der Waals surface area contributed by atoms with Gasteiger partial charge in [-0.05, 0) is 50.8 Å². The molecule has 0 fully saturated rings. The predicted molar refractivity (Wildman–Crippen MR) is 89.8 cm³/mol. The first-order valence-corrected chi connectivity index (χ1v) is 8.33. The Morgan fingerprint density at radius 2 is 2.00 bits per heavy atom. The molecule has 0 bridgehead atoms. The number of nitrogens with one attached hydrogen (secondary N) is 1. The van der Waals surface area contributed by atoms with Crippen molar-refractivity contribution in [3.05, 3.63) is 47.5 Å². The zero-order valence-corrected chi connectivity index (χ0v) is 13.7. The number of rotatable bonds is 5. The van der Waals surface area contributed by atoms with Gasteiger partial charge in [0.25, 0.3) is 5.91 Å². The molecule has 0 saturated heterocycles. The molecule has 1 aliphatic carbocycles. The van der Waals surface area contributed by atoms with E-state index in [9.17, 15) is 4.79 Å². The maximum absolute atomic E-state index is 11.9. The van der Waals surface area contributed by atoms with Gasteiger partial charge in [-0.15, -0.1) is 0 Å². The minimum Gasteiger partial charge on any atom is -0.369 e. The van der Waals surface area contributed by atoms with Crippen molar-refractivity contribution < 1.29 is 9.53 Å². The first kappa shape index (κ1) is 16.8. The van der Waals surface area contributed by atoms with Gasteiger partial charge in [-0.1, -0.05) is 37.1 Å². The molecule has 1 N–H and O–H groups in total. The normalized spacial score (nSPS) is 20.2. The maximum Gasteiger partial charge on any atom is 0.251 e. The van der Waals surface area contributed by atoms with E-state index in [0.717, 1.165) is 12.0 Å². The van der Waals surface area contributed by atoms with Gasteiger partial charge in [0.15, 0.2) is 0 Å². The van der Waals surface area contributed by atoms with E-state index in [1.165, 1.54) is 25.7 Å². The zero-order chi connectivity index (χ0) is 15.8. The summed E-state index contributed by atoms with van der Waals surface area (Å²) in [6.07, 6.45) is 10.8. The zero-order valence-electron chi connectivity index (χ0n) is 13.7. The summed E-state index contributed by atoms with van der Waals surface area (Å²) in [5, 5.41) is 2.90. The summed E-state index contributed by atoms with van der Waals surface area (Å²) in [4.78, 5) is 11.9. The number of hydrogen-bond donors (Lipinski definition) is 1. The lowest BCUT2D eigenvalue weighted by Crippen LogP contribution is -2.29. The Bertz CT molecular complexity index is 491. The maximum atomic E-state index is 11.9. The number of ether oxygens (including phenoxy) is 1. The largest absolute Gasteiger partial charge is 0.369 e. The lowest BCUT2D eigenvalue weighted by Gasteiger charge is -2.16. The van der Waals surface area contributed by atoms with Crippen LogP contribution in [0.3, 0.4) is 0 Å². The molecule has 1 aromatic rings. The third-order valence-electron chi connectivity index (χ3n) is 3.81. The summed E-state index contributed by atoms with van der Waals surface area (Å²) < 4.78 is 5.98. The van der Waals surface area contributed by atoms with Crippen molar-refractivity contribution in [3.63, 3.8) is 0 Å². The van der Waals surface area contributed by atoms with Crippen molar-refractivity contribution in [2.75, 3.05) is 0 Å². The first-order chi connectivity index (χ1) is 10.6. The average Bonchev–Trinajstić information content (AvgIpc) is 2.46. The van der Waals surface area contributed by atoms with Gasteiger partial charge in [0.05, 0.1) is 12.7 Å². The third-order valence-corrected chi connectivity index (χ3v) is 3.81. The van der Waals surface area contributed by atoms with Gasteiger partial charge in [0, 0.05) is 11.6 Å². The molecule has 1 aliphatic rings. The summed E-state index contributed by atoms with van der Waals surface area (Å²) in [6, 6.07) is 7.83. The van der Waals surface area contributed by atoms with Gasteiger partial charge in [0.1, 0.15) is 0 Å². The minimum absolute atomic E-state index is 0.0228. The van der Waals surface area contributed by atoms with Gasteiger partial charge in [-0.3, -0.25) is 4.79 Å². The monoisotopic (exact) mass is 301 g/mol. The van der Waals surface area contributed by atoms with Crippen LogP contribution in [0.5, 0.6) is 0 Å². The van der Waals surface area contributed by atoms with Crippen LogP contribution in [0.25, 0.3) is 0 Å². The van der Waals surface area contributed by atoms with Crippen molar-refractivity contribution in [2.24, 2.45) is 0 Å². The summed E-state index contributed by atoms with van der Waals surface area (Å²) in [5.41, 5.74) is 1.81. The first-order valence-electron chi connectivity index (χ1n) is 8.33. The lowest BCUT2D eigenvalue weighted by molar-refractivity contribution is 0.0638. The van der Waals surface area contributed by atoms with Crippen LogP contribution >= 0.6 is 0 Å². The van der Waals surface area contributed by atoms with Crippen LogP contribution in [0.4, 0.5) is 0 Å². The SMILES string of the molecule is CC(C)NC(=O)c1ccc(COC2/C=C\CCCCC2)cc1. The topological polar surface area (TPSA) is 38.3 Å². The lowest BCUT2D eigenvalue weighted by atomic mass is 10.0. The van der Waals surface area contributed by atoms with Gasteiger partial charge in [-0.2, -0.15) is 0 Å². The van der Waals surface area contributed by atoms with E-state index >= 15 is 0 Å². The molecule has 0 saturated carbocycles. The van der Waals surface area contributed by atoms with Crippen LogP contribution in [0.15, 0.2) is 36.4 Å². The van der Waals surface area contributed by atoms with Gasteiger partial charge < -0.3 is 10.1 Å². The second kappa shape index (κ2) is 8.74. The van der Waals surface area contributed by atoms with Gasteiger partial charge in [0.2, 0.25) is 0 Å². The number of benzene rings is 1. The quantitative estimate of drug-likeness (QED) is 0.826. The molecule has 0 aromatic heterocycles. The van der Waals surface area contributed by atoms with Crippen LogP contribution in [0, 0.1) is 0 Å². The molecular formula is C19H27NO2. The Kier molecular flexibility index (Phi) is 6.66.